The summed E-state index contributed by atoms with van der Waals surface area (Å²) in [6.07, 6.45) is 0. The van der Waals surface area contributed by atoms with Crippen molar-refractivity contribution < 1.29 is 39.6 Å². The highest BCUT2D eigenvalue weighted by atomic mass is 16.4. The molecule has 5 aromatic rings. The first-order valence-corrected chi connectivity index (χ1v) is 15.6. The van der Waals surface area contributed by atoms with Gasteiger partial charge in [-0.1, -0.05) is 48.5 Å². The minimum atomic E-state index is -1.17. The van der Waals surface area contributed by atoms with E-state index in [1.54, 1.807) is 36.4 Å². The van der Waals surface area contributed by atoms with Gasteiger partial charge in [-0.2, -0.15) is 0 Å². The molecule has 0 bridgehead atoms. The van der Waals surface area contributed by atoms with Gasteiger partial charge in [-0.3, -0.25) is 29.0 Å². The Morgan fingerprint density at radius 1 is 0.471 bits per heavy atom. The molecule has 6 N–H and O–H groups in total. The molecule has 0 atom stereocenters. The second-order valence-electron chi connectivity index (χ2n) is 11.7. The molecule has 2 aromatic carbocycles. The highest BCUT2D eigenvalue weighted by Crippen LogP contribution is 2.31. The maximum atomic E-state index is 11.4. The molecule has 14 nitrogen and oxygen atoms in total. The van der Waals surface area contributed by atoms with Crippen molar-refractivity contribution in [2.75, 3.05) is 31.9 Å². The van der Waals surface area contributed by atoms with E-state index in [2.05, 4.69) is 0 Å². The molecule has 51 heavy (non-hydrogen) atoms. The zero-order valence-electron chi connectivity index (χ0n) is 27.2. The third-order valence-corrected chi connectivity index (χ3v) is 7.63. The standard InChI is InChI=1S/C37H34N6O8/c38-27-13-11-24(12-14-27)23-7-9-25(10-8-23)26-15-32(30-5-1-3-28(39-30)17-42(19-34(44)45)20-35(46)47)41-33(16-26)31-6-2-4-29(40-31)18-43(21-36(48)49)22-37(50)51/h1-16H,17-22,38H2,(H,44,45)(H,46,47)(H,48,49)(H,50,51). The van der Waals surface area contributed by atoms with E-state index in [9.17, 15) is 39.6 Å². The molecule has 0 aliphatic rings. The van der Waals surface area contributed by atoms with Gasteiger partial charge in [0.2, 0.25) is 0 Å². The first-order valence-electron chi connectivity index (χ1n) is 15.6. The van der Waals surface area contributed by atoms with Crippen LogP contribution in [-0.4, -0.2) is 95.2 Å². The van der Waals surface area contributed by atoms with E-state index < -0.39 is 50.1 Å². The van der Waals surface area contributed by atoms with Gasteiger partial charge < -0.3 is 26.2 Å². The van der Waals surface area contributed by atoms with Gasteiger partial charge in [0.1, 0.15) is 0 Å². The fraction of sp³-hybridized carbons (Fsp3) is 0.162. The van der Waals surface area contributed by atoms with Crippen LogP contribution in [0.1, 0.15) is 11.4 Å². The zero-order chi connectivity index (χ0) is 36.5. The van der Waals surface area contributed by atoms with Gasteiger partial charge in [0.15, 0.2) is 0 Å². The van der Waals surface area contributed by atoms with Crippen LogP contribution in [0.5, 0.6) is 0 Å². The van der Waals surface area contributed by atoms with Gasteiger partial charge >= 0.3 is 23.9 Å². The molecule has 3 heterocycles. The van der Waals surface area contributed by atoms with Gasteiger partial charge in [-0.05, 0) is 70.8 Å². The van der Waals surface area contributed by atoms with Gasteiger partial charge in [-0.25, -0.2) is 15.0 Å². The first-order chi connectivity index (χ1) is 24.4. The highest BCUT2D eigenvalue weighted by Gasteiger charge is 2.18. The molecule has 0 aliphatic heterocycles. The van der Waals surface area contributed by atoms with Crippen molar-refractivity contribution in [3.8, 4) is 45.0 Å². The van der Waals surface area contributed by atoms with Crippen molar-refractivity contribution in [1.29, 1.82) is 0 Å². The molecular formula is C37H34N6O8. The van der Waals surface area contributed by atoms with E-state index in [1.165, 1.54) is 9.80 Å². The number of pyridine rings is 3. The van der Waals surface area contributed by atoms with Gasteiger partial charge in [0.05, 0.1) is 60.3 Å². The third-order valence-electron chi connectivity index (χ3n) is 7.63. The lowest BCUT2D eigenvalue weighted by Crippen LogP contribution is -2.34. The van der Waals surface area contributed by atoms with Crippen LogP contribution >= 0.6 is 0 Å². The molecule has 0 unspecified atom stereocenters. The lowest BCUT2D eigenvalue weighted by molar-refractivity contribution is -0.144. The normalized spacial score (nSPS) is 11.1. The molecule has 3 aromatic heterocycles. The predicted molar refractivity (Wildman–Crippen MR) is 187 cm³/mol. The molecule has 0 amide bonds. The second-order valence-corrected chi connectivity index (χ2v) is 11.7. The van der Waals surface area contributed by atoms with E-state index in [1.807, 2.05) is 60.7 Å². The highest BCUT2D eigenvalue weighted by molar-refractivity contribution is 5.77. The molecule has 260 valence electrons. The Morgan fingerprint density at radius 2 is 0.824 bits per heavy atom. The monoisotopic (exact) mass is 690 g/mol. The molecule has 14 heteroatoms. The molecule has 0 saturated heterocycles. The number of rotatable bonds is 16. The minimum Gasteiger partial charge on any atom is -0.480 e. The van der Waals surface area contributed by atoms with Crippen LogP contribution in [0, 0.1) is 0 Å². The summed E-state index contributed by atoms with van der Waals surface area (Å²) < 4.78 is 0. The summed E-state index contributed by atoms with van der Waals surface area (Å²) in [4.78, 5) is 62.3. The van der Waals surface area contributed by atoms with Crippen LogP contribution in [0.2, 0.25) is 0 Å². The Bertz CT molecular complexity index is 1920. The molecule has 5 rings (SSSR count). The number of carboxylic acid groups (broad SMARTS) is 4. The van der Waals surface area contributed by atoms with Crippen molar-refractivity contribution in [3.05, 3.63) is 108 Å². The second kappa shape index (κ2) is 16.3. The van der Waals surface area contributed by atoms with Crippen molar-refractivity contribution >= 4 is 29.6 Å². The fourth-order valence-corrected chi connectivity index (χ4v) is 5.47. The number of nitrogens with two attached hydrogens (primary N) is 1. The summed E-state index contributed by atoms with van der Waals surface area (Å²) in [5.41, 5.74) is 12.8. The van der Waals surface area contributed by atoms with E-state index in [0.29, 0.717) is 39.9 Å². The Kier molecular flexibility index (Phi) is 11.4. The van der Waals surface area contributed by atoms with Crippen molar-refractivity contribution in [2.45, 2.75) is 13.1 Å². The molecule has 0 aliphatic carbocycles. The van der Waals surface area contributed by atoms with Crippen LogP contribution in [-0.2, 0) is 32.3 Å². The maximum Gasteiger partial charge on any atom is 0.317 e. The largest absolute Gasteiger partial charge is 0.480 e. The average Bonchev–Trinajstić information content (AvgIpc) is 3.07. The van der Waals surface area contributed by atoms with E-state index in [0.717, 1.165) is 22.3 Å². The Labute approximate surface area is 292 Å². The number of aromatic nitrogens is 3. The van der Waals surface area contributed by atoms with Crippen LogP contribution in [0.3, 0.4) is 0 Å². The number of hydrogen-bond donors (Lipinski definition) is 5. The zero-order valence-corrected chi connectivity index (χ0v) is 27.2. The van der Waals surface area contributed by atoms with Crippen molar-refractivity contribution in [2.24, 2.45) is 0 Å². The van der Waals surface area contributed by atoms with Gasteiger partial charge in [0.25, 0.3) is 0 Å². The number of carboxylic acids is 4. The molecule has 0 fully saturated rings. The predicted octanol–water partition coefficient (Wildman–Crippen LogP) is 4.06. The summed E-state index contributed by atoms with van der Waals surface area (Å²) in [6, 6.07) is 29.4. The Balaban J connectivity index is 1.55. The summed E-state index contributed by atoms with van der Waals surface area (Å²) in [5.74, 6) is -4.68. The van der Waals surface area contributed by atoms with Crippen LogP contribution in [0.4, 0.5) is 5.69 Å². The van der Waals surface area contributed by atoms with Gasteiger partial charge in [-0.15, -0.1) is 0 Å². The van der Waals surface area contributed by atoms with Crippen LogP contribution in [0.25, 0.3) is 45.0 Å². The number of anilines is 1. The lowest BCUT2D eigenvalue weighted by atomic mass is 9.99. The summed E-state index contributed by atoms with van der Waals surface area (Å²) in [6.45, 7) is -2.00. The molecule has 0 radical (unpaired) electrons. The van der Waals surface area contributed by atoms with Crippen molar-refractivity contribution in [1.82, 2.24) is 24.8 Å². The smallest absolute Gasteiger partial charge is 0.317 e. The number of benzene rings is 2. The first kappa shape index (κ1) is 35.8. The van der Waals surface area contributed by atoms with Crippen LogP contribution in [0.15, 0.2) is 97.1 Å². The summed E-state index contributed by atoms with van der Waals surface area (Å²) >= 11 is 0. The van der Waals surface area contributed by atoms with E-state index in [-0.39, 0.29) is 13.1 Å². The average molecular weight is 691 g/mol. The quantitative estimate of drug-likeness (QED) is 0.0922. The molecular weight excluding hydrogens is 656 g/mol. The molecule has 0 spiro atoms. The Morgan fingerprint density at radius 3 is 1.20 bits per heavy atom. The topological polar surface area (TPSA) is 220 Å². The number of aliphatic carboxylic acids is 4. The Hall–Kier alpha value is -6.51. The third kappa shape index (κ3) is 10.2. The molecule has 0 saturated carbocycles. The van der Waals surface area contributed by atoms with Crippen LogP contribution < -0.4 is 5.73 Å². The SMILES string of the molecule is Nc1ccc(-c2ccc(-c3cc(-c4cccc(CN(CC(=O)O)CC(=O)O)n4)nc(-c4cccc(CN(CC(=O)O)CC(=O)O)n4)c3)cc2)cc1. The number of nitrogens with zero attached hydrogens (tertiary/aromatic N) is 5. The lowest BCUT2D eigenvalue weighted by Gasteiger charge is -2.18. The number of nitrogen functional groups attached to an aromatic ring is 1. The number of hydrogen-bond acceptors (Lipinski definition) is 10. The summed E-state index contributed by atoms with van der Waals surface area (Å²) in [7, 11) is 0. The van der Waals surface area contributed by atoms with E-state index in [4.69, 9.17) is 20.7 Å². The van der Waals surface area contributed by atoms with Crippen molar-refractivity contribution in [3.63, 3.8) is 0 Å². The fourth-order valence-electron chi connectivity index (χ4n) is 5.47. The minimum absolute atomic E-state index is 0.0294. The number of carbonyl (C=O) groups is 4. The maximum absolute atomic E-state index is 11.4. The summed E-state index contributed by atoms with van der Waals surface area (Å²) in [5, 5.41) is 37.2. The van der Waals surface area contributed by atoms with Gasteiger partial charge in [0, 0.05) is 18.8 Å². The van der Waals surface area contributed by atoms with E-state index >= 15 is 0 Å².